The second-order valence-electron chi connectivity index (χ2n) is 5.90. The van der Waals surface area contributed by atoms with E-state index >= 15 is 0 Å². The summed E-state index contributed by atoms with van der Waals surface area (Å²) in [5, 5.41) is 4.06. The minimum absolute atomic E-state index is 0.0450. The molecule has 2 fully saturated rings. The summed E-state index contributed by atoms with van der Waals surface area (Å²) < 4.78 is 0.964. The summed E-state index contributed by atoms with van der Waals surface area (Å²) >= 11 is 1.42. The zero-order chi connectivity index (χ0) is 14.4. The van der Waals surface area contributed by atoms with Gasteiger partial charge in [-0.15, -0.1) is 11.3 Å². The van der Waals surface area contributed by atoms with Crippen LogP contribution in [0.5, 0.6) is 0 Å². The predicted molar refractivity (Wildman–Crippen MR) is 84.5 cm³/mol. The summed E-state index contributed by atoms with van der Waals surface area (Å²) in [6, 6.07) is 2.88. The van der Waals surface area contributed by atoms with Gasteiger partial charge < -0.3 is 11.1 Å². The second kappa shape index (κ2) is 4.96. The number of nitrogens with one attached hydrogen (secondary N) is 1. The zero-order valence-corrected chi connectivity index (χ0v) is 12.5. The number of nitrogens with two attached hydrogens (primary N) is 1. The highest BCUT2D eigenvalue weighted by atomic mass is 32.1. The van der Waals surface area contributed by atoms with E-state index in [4.69, 9.17) is 5.73 Å². The van der Waals surface area contributed by atoms with Crippen molar-refractivity contribution >= 4 is 33.0 Å². The summed E-state index contributed by atoms with van der Waals surface area (Å²) in [5.41, 5.74) is 6.69. The lowest BCUT2D eigenvalue weighted by Gasteiger charge is -2.15. The van der Waals surface area contributed by atoms with E-state index in [0.717, 1.165) is 35.6 Å². The van der Waals surface area contributed by atoms with Gasteiger partial charge in [-0.05, 0) is 25.3 Å². The van der Waals surface area contributed by atoms with Crippen LogP contribution in [0.1, 0.15) is 28.9 Å². The van der Waals surface area contributed by atoms with E-state index in [9.17, 15) is 4.79 Å². The third-order valence-corrected chi connectivity index (χ3v) is 5.51. The lowest BCUT2D eigenvalue weighted by molar-refractivity contribution is 0.0942. The van der Waals surface area contributed by atoms with Crippen molar-refractivity contribution in [1.82, 2.24) is 15.2 Å². The normalized spacial score (nSPS) is 22.8. The number of anilines is 1. The molecule has 1 saturated carbocycles. The monoisotopic (exact) mass is 302 g/mol. The van der Waals surface area contributed by atoms with E-state index in [1.165, 1.54) is 24.2 Å². The van der Waals surface area contributed by atoms with Crippen LogP contribution >= 0.6 is 11.3 Å². The van der Waals surface area contributed by atoms with E-state index < -0.39 is 0 Å². The SMILES string of the molecule is Nc1c(C(=O)NC2CCN(C3CC3)C2)sc2cnccc12. The highest BCUT2D eigenvalue weighted by molar-refractivity contribution is 7.21. The number of hydrogen-bond acceptors (Lipinski definition) is 5. The average Bonchev–Trinajstić information content (AvgIpc) is 3.15. The molecule has 110 valence electrons. The molecule has 1 unspecified atom stereocenters. The van der Waals surface area contributed by atoms with Crippen molar-refractivity contribution in [2.75, 3.05) is 18.8 Å². The maximum atomic E-state index is 12.5. The van der Waals surface area contributed by atoms with Crippen molar-refractivity contribution in [2.45, 2.75) is 31.3 Å². The fourth-order valence-electron chi connectivity index (χ4n) is 3.07. The van der Waals surface area contributed by atoms with E-state index in [0.29, 0.717) is 10.6 Å². The van der Waals surface area contributed by atoms with Crippen molar-refractivity contribution in [3.05, 3.63) is 23.3 Å². The third-order valence-electron chi connectivity index (χ3n) is 4.36. The Balaban J connectivity index is 1.50. The van der Waals surface area contributed by atoms with Crippen LogP contribution in [0.25, 0.3) is 10.1 Å². The molecule has 5 nitrogen and oxygen atoms in total. The number of fused-ring (bicyclic) bond motifs is 1. The molecule has 2 aromatic rings. The van der Waals surface area contributed by atoms with Crippen LogP contribution in [0, 0.1) is 0 Å². The van der Waals surface area contributed by atoms with E-state index in [1.54, 1.807) is 12.4 Å². The molecule has 4 rings (SSSR count). The topological polar surface area (TPSA) is 71.2 Å². The molecule has 0 radical (unpaired) electrons. The van der Waals surface area contributed by atoms with Crippen LogP contribution in [-0.4, -0.2) is 41.0 Å². The molecule has 0 bridgehead atoms. The van der Waals surface area contributed by atoms with Crippen molar-refractivity contribution in [3.63, 3.8) is 0 Å². The molecule has 3 heterocycles. The van der Waals surface area contributed by atoms with Gasteiger partial charge in [0.15, 0.2) is 0 Å². The summed E-state index contributed by atoms with van der Waals surface area (Å²) in [5.74, 6) is -0.0450. The molecule has 1 atom stereocenters. The summed E-state index contributed by atoms with van der Waals surface area (Å²) in [7, 11) is 0. The Morgan fingerprint density at radius 3 is 3.05 bits per heavy atom. The van der Waals surface area contributed by atoms with E-state index in [-0.39, 0.29) is 11.9 Å². The van der Waals surface area contributed by atoms with Gasteiger partial charge in [0.2, 0.25) is 0 Å². The van der Waals surface area contributed by atoms with Gasteiger partial charge in [-0.3, -0.25) is 14.7 Å². The highest BCUT2D eigenvalue weighted by Crippen LogP contribution is 2.33. The minimum atomic E-state index is -0.0450. The lowest BCUT2D eigenvalue weighted by atomic mass is 10.2. The standard InChI is InChI=1S/C15H18N4OS/c16-13-11-3-5-17-7-12(11)21-14(13)15(20)18-9-4-6-19(8-9)10-1-2-10/h3,5,7,9-10H,1-2,4,6,8,16H2,(H,18,20). The number of rotatable bonds is 3. The molecule has 2 aliphatic rings. The fraction of sp³-hybridized carbons (Fsp3) is 0.467. The van der Waals surface area contributed by atoms with Gasteiger partial charge in [0.05, 0.1) is 10.4 Å². The number of hydrogen-bond donors (Lipinski definition) is 2. The smallest absolute Gasteiger partial charge is 0.263 e. The number of thiophene rings is 1. The van der Waals surface area contributed by atoms with Crippen LogP contribution in [0.15, 0.2) is 18.5 Å². The third kappa shape index (κ3) is 2.38. The maximum absolute atomic E-state index is 12.5. The number of likely N-dealkylation sites (tertiary alicyclic amines) is 1. The first-order valence-electron chi connectivity index (χ1n) is 7.39. The largest absolute Gasteiger partial charge is 0.397 e. The number of pyridine rings is 1. The molecule has 0 aromatic carbocycles. The van der Waals surface area contributed by atoms with E-state index in [2.05, 4.69) is 15.2 Å². The molecule has 0 spiro atoms. The Morgan fingerprint density at radius 2 is 2.29 bits per heavy atom. The lowest BCUT2D eigenvalue weighted by Crippen LogP contribution is -2.37. The first kappa shape index (κ1) is 13.0. The summed E-state index contributed by atoms with van der Waals surface area (Å²) in [6.07, 6.45) is 7.14. The molecule has 21 heavy (non-hydrogen) atoms. The van der Waals surface area contributed by atoms with Gasteiger partial charge in [0.1, 0.15) is 4.88 Å². The van der Waals surface area contributed by atoms with Gasteiger partial charge in [-0.1, -0.05) is 0 Å². The molecule has 1 aliphatic carbocycles. The van der Waals surface area contributed by atoms with Gasteiger partial charge >= 0.3 is 0 Å². The molecule has 1 saturated heterocycles. The summed E-state index contributed by atoms with van der Waals surface area (Å²) in [4.78, 5) is 19.6. The number of nitrogen functional groups attached to an aromatic ring is 1. The van der Waals surface area contributed by atoms with Crippen LogP contribution in [-0.2, 0) is 0 Å². The minimum Gasteiger partial charge on any atom is -0.397 e. The van der Waals surface area contributed by atoms with Crippen LogP contribution in [0.3, 0.4) is 0 Å². The Kier molecular flexibility index (Phi) is 3.08. The number of aromatic nitrogens is 1. The maximum Gasteiger partial charge on any atom is 0.263 e. The van der Waals surface area contributed by atoms with Gasteiger partial charge in [0, 0.05) is 43.0 Å². The fourth-order valence-corrected chi connectivity index (χ4v) is 4.06. The van der Waals surface area contributed by atoms with Crippen molar-refractivity contribution in [3.8, 4) is 0 Å². The molecular weight excluding hydrogens is 284 g/mol. The van der Waals surface area contributed by atoms with Crippen molar-refractivity contribution < 1.29 is 4.79 Å². The van der Waals surface area contributed by atoms with Gasteiger partial charge in [-0.25, -0.2) is 0 Å². The first-order valence-corrected chi connectivity index (χ1v) is 8.21. The first-order chi connectivity index (χ1) is 10.2. The van der Waals surface area contributed by atoms with E-state index in [1.807, 2.05) is 6.07 Å². The molecule has 6 heteroatoms. The second-order valence-corrected chi connectivity index (χ2v) is 6.95. The number of nitrogens with zero attached hydrogens (tertiary/aromatic N) is 2. The van der Waals surface area contributed by atoms with Crippen LogP contribution < -0.4 is 11.1 Å². The predicted octanol–water partition coefficient (Wildman–Crippen LogP) is 1.84. The number of carbonyl (C=O) groups is 1. The highest BCUT2D eigenvalue weighted by Gasteiger charge is 2.35. The summed E-state index contributed by atoms with van der Waals surface area (Å²) in [6.45, 7) is 2.07. The Labute approximate surface area is 127 Å². The van der Waals surface area contributed by atoms with Gasteiger partial charge in [0.25, 0.3) is 5.91 Å². The van der Waals surface area contributed by atoms with Crippen molar-refractivity contribution in [1.29, 1.82) is 0 Å². The average molecular weight is 302 g/mol. The van der Waals surface area contributed by atoms with Crippen LogP contribution in [0.4, 0.5) is 5.69 Å². The molecule has 1 amide bonds. The molecule has 1 aliphatic heterocycles. The van der Waals surface area contributed by atoms with Crippen LogP contribution in [0.2, 0.25) is 0 Å². The quantitative estimate of drug-likeness (QED) is 0.907. The molecule has 2 aromatic heterocycles. The Bertz CT molecular complexity index is 694. The van der Waals surface area contributed by atoms with Gasteiger partial charge in [-0.2, -0.15) is 0 Å². The number of amides is 1. The molecular formula is C15H18N4OS. The molecule has 3 N–H and O–H groups in total. The van der Waals surface area contributed by atoms with Crippen molar-refractivity contribution in [2.24, 2.45) is 0 Å². The number of carbonyl (C=O) groups excluding carboxylic acids is 1. The Morgan fingerprint density at radius 1 is 1.43 bits per heavy atom. The Hall–Kier alpha value is -1.66. The zero-order valence-electron chi connectivity index (χ0n) is 11.7.